The lowest BCUT2D eigenvalue weighted by atomic mass is 10.4. The molecule has 0 aromatic carbocycles. The zero-order chi connectivity index (χ0) is 17.6. The number of hydrogen-bond acceptors (Lipinski definition) is 7. The number of carbonyl (C=O) groups is 2. The van der Waals surface area contributed by atoms with E-state index in [4.69, 9.17) is 4.42 Å². The average molecular weight is 359 g/mol. The molecule has 10 heteroatoms. The standard InChI is InChI=1S/C15H13N5O4S/c21-12-4-1-5-17-20(12)7-6-16-13(22)10-9-24-15(18-10)19-14(23)11-3-2-8-25-11/h1-5,8-9H,6-7H2,(H,16,22)(H,18,19,23). The van der Waals surface area contributed by atoms with Crippen LogP contribution in [0.1, 0.15) is 20.2 Å². The van der Waals surface area contributed by atoms with Gasteiger partial charge in [-0.2, -0.15) is 10.1 Å². The smallest absolute Gasteiger partial charge is 0.302 e. The lowest BCUT2D eigenvalue weighted by Gasteiger charge is -2.04. The van der Waals surface area contributed by atoms with Crippen LogP contribution in [0.5, 0.6) is 0 Å². The summed E-state index contributed by atoms with van der Waals surface area (Å²) in [6.07, 6.45) is 2.63. The number of oxazole rings is 1. The summed E-state index contributed by atoms with van der Waals surface area (Å²) >= 11 is 1.28. The largest absolute Gasteiger partial charge is 0.431 e. The van der Waals surface area contributed by atoms with Crippen molar-refractivity contribution in [3.63, 3.8) is 0 Å². The number of hydrogen-bond donors (Lipinski definition) is 2. The van der Waals surface area contributed by atoms with Crippen LogP contribution in [0.4, 0.5) is 6.01 Å². The fourth-order valence-corrected chi connectivity index (χ4v) is 2.54. The molecule has 3 rings (SSSR count). The van der Waals surface area contributed by atoms with Crippen molar-refractivity contribution in [1.82, 2.24) is 20.1 Å². The number of carbonyl (C=O) groups excluding carboxylic acids is 2. The van der Waals surface area contributed by atoms with E-state index in [0.717, 1.165) is 6.26 Å². The number of rotatable bonds is 6. The van der Waals surface area contributed by atoms with Gasteiger partial charge in [0.05, 0.1) is 11.4 Å². The van der Waals surface area contributed by atoms with Gasteiger partial charge in [0.1, 0.15) is 6.26 Å². The Labute approximate surface area is 145 Å². The molecule has 0 atom stereocenters. The third kappa shape index (κ3) is 4.18. The molecule has 3 aromatic heterocycles. The van der Waals surface area contributed by atoms with Crippen molar-refractivity contribution in [2.75, 3.05) is 11.9 Å². The van der Waals surface area contributed by atoms with Gasteiger partial charge < -0.3 is 9.73 Å². The molecule has 0 saturated carbocycles. The minimum absolute atomic E-state index is 0.0230. The summed E-state index contributed by atoms with van der Waals surface area (Å²) in [4.78, 5) is 39.8. The molecule has 0 aliphatic carbocycles. The molecular weight excluding hydrogens is 346 g/mol. The van der Waals surface area contributed by atoms with Crippen molar-refractivity contribution in [3.8, 4) is 0 Å². The fraction of sp³-hybridized carbons (Fsp3) is 0.133. The zero-order valence-corrected chi connectivity index (χ0v) is 13.7. The third-order valence-electron chi connectivity index (χ3n) is 3.10. The summed E-state index contributed by atoms with van der Waals surface area (Å²) in [5, 5.41) is 10.7. The van der Waals surface area contributed by atoms with Gasteiger partial charge in [0, 0.05) is 18.8 Å². The van der Waals surface area contributed by atoms with Crippen molar-refractivity contribution in [1.29, 1.82) is 0 Å². The van der Waals surface area contributed by atoms with Crippen molar-refractivity contribution in [3.05, 3.63) is 63.0 Å². The van der Waals surface area contributed by atoms with Crippen molar-refractivity contribution >= 4 is 29.2 Å². The number of aromatic nitrogens is 3. The number of thiophene rings is 1. The first-order valence-electron chi connectivity index (χ1n) is 7.24. The van der Waals surface area contributed by atoms with Crippen LogP contribution in [-0.4, -0.2) is 33.1 Å². The van der Waals surface area contributed by atoms with E-state index in [2.05, 4.69) is 20.7 Å². The summed E-state index contributed by atoms with van der Waals surface area (Å²) in [7, 11) is 0. The SMILES string of the molecule is O=C(NCCn1ncccc1=O)c1coc(NC(=O)c2cccs2)n1. The van der Waals surface area contributed by atoms with Gasteiger partial charge in [0.25, 0.3) is 17.4 Å². The molecule has 2 amide bonds. The van der Waals surface area contributed by atoms with E-state index in [-0.39, 0.29) is 36.3 Å². The molecule has 3 heterocycles. The Morgan fingerprint density at radius 1 is 1.24 bits per heavy atom. The molecule has 9 nitrogen and oxygen atoms in total. The maximum atomic E-state index is 12.0. The molecule has 25 heavy (non-hydrogen) atoms. The van der Waals surface area contributed by atoms with E-state index in [1.54, 1.807) is 23.6 Å². The number of nitrogens with one attached hydrogen (secondary N) is 2. The second-order valence-electron chi connectivity index (χ2n) is 4.81. The molecule has 0 saturated heterocycles. The molecule has 0 bridgehead atoms. The van der Waals surface area contributed by atoms with Gasteiger partial charge in [-0.25, -0.2) is 4.68 Å². The molecule has 3 aromatic rings. The van der Waals surface area contributed by atoms with E-state index in [0.29, 0.717) is 4.88 Å². The summed E-state index contributed by atoms with van der Waals surface area (Å²) in [6, 6.07) is 6.27. The summed E-state index contributed by atoms with van der Waals surface area (Å²) in [5.74, 6) is -0.845. The second-order valence-corrected chi connectivity index (χ2v) is 5.76. The van der Waals surface area contributed by atoms with E-state index in [9.17, 15) is 14.4 Å². The predicted molar refractivity (Wildman–Crippen MR) is 89.6 cm³/mol. The Morgan fingerprint density at radius 3 is 2.88 bits per heavy atom. The average Bonchev–Trinajstić information content (AvgIpc) is 3.28. The Kier molecular flexibility index (Phi) is 5.00. The van der Waals surface area contributed by atoms with Gasteiger partial charge in [-0.05, 0) is 17.5 Å². The summed E-state index contributed by atoms with van der Waals surface area (Å²) in [5.41, 5.74) is -0.230. The van der Waals surface area contributed by atoms with Crippen molar-refractivity contribution < 1.29 is 14.0 Å². The number of amides is 2. The minimum atomic E-state index is -0.482. The number of nitrogens with zero attached hydrogens (tertiary/aromatic N) is 3. The Morgan fingerprint density at radius 2 is 2.12 bits per heavy atom. The van der Waals surface area contributed by atoms with Gasteiger partial charge >= 0.3 is 6.01 Å². The molecular formula is C15H13N5O4S. The maximum Gasteiger partial charge on any atom is 0.302 e. The Hall–Kier alpha value is -3.27. The molecule has 0 spiro atoms. The van der Waals surface area contributed by atoms with Crippen LogP contribution < -0.4 is 16.2 Å². The van der Waals surface area contributed by atoms with E-state index < -0.39 is 5.91 Å². The first-order chi connectivity index (χ1) is 12.1. The van der Waals surface area contributed by atoms with Gasteiger partial charge in [0.15, 0.2) is 5.69 Å². The third-order valence-corrected chi connectivity index (χ3v) is 3.97. The molecule has 0 aliphatic heterocycles. The van der Waals surface area contributed by atoms with Crippen LogP contribution in [0.15, 0.2) is 51.3 Å². The quantitative estimate of drug-likeness (QED) is 0.677. The van der Waals surface area contributed by atoms with Gasteiger partial charge in [-0.1, -0.05) is 6.07 Å². The normalized spacial score (nSPS) is 10.4. The summed E-state index contributed by atoms with van der Waals surface area (Å²) < 4.78 is 6.30. The molecule has 2 N–H and O–H groups in total. The molecule has 0 radical (unpaired) electrons. The maximum absolute atomic E-state index is 12.0. The summed E-state index contributed by atoms with van der Waals surface area (Å²) in [6.45, 7) is 0.421. The van der Waals surface area contributed by atoms with Crippen LogP contribution in [-0.2, 0) is 6.54 Å². The lowest BCUT2D eigenvalue weighted by Crippen LogP contribution is -2.31. The minimum Gasteiger partial charge on any atom is -0.431 e. The lowest BCUT2D eigenvalue weighted by molar-refractivity contribution is 0.0945. The van der Waals surface area contributed by atoms with E-state index >= 15 is 0 Å². The monoisotopic (exact) mass is 359 g/mol. The van der Waals surface area contributed by atoms with Crippen LogP contribution in [0.25, 0.3) is 0 Å². The van der Waals surface area contributed by atoms with Crippen LogP contribution in [0, 0.1) is 0 Å². The Balaban J connectivity index is 1.53. The van der Waals surface area contributed by atoms with Crippen LogP contribution in [0.2, 0.25) is 0 Å². The highest BCUT2D eigenvalue weighted by atomic mass is 32.1. The zero-order valence-electron chi connectivity index (χ0n) is 12.8. The first kappa shape index (κ1) is 16.6. The second kappa shape index (κ2) is 7.53. The highest BCUT2D eigenvalue weighted by Crippen LogP contribution is 2.13. The topological polar surface area (TPSA) is 119 Å². The molecule has 0 aliphatic rings. The van der Waals surface area contributed by atoms with Crippen LogP contribution >= 0.6 is 11.3 Å². The van der Waals surface area contributed by atoms with E-state index in [1.165, 1.54) is 28.3 Å². The molecule has 128 valence electrons. The first-order valence-corrected chi connectivity index (χ1v) is 8.12. The van der Waals surface area contributed by atoms with Crippen molar-refractivity contribution in [2.24, 2.45) is 0 Å². The number of anilines is 1. The molecule has 0 unspecified atom stereocenters. The van der Waals surface area contributed by atoms with Gasteiger partial charge in [0.2, 0.25) is 0 Å². The predicted octanol–water partition coefficient (Wildman–Crippen LogP) is 0.975. The van der Waals surface area contributed by atoms with Gasteiger partial charge in [-0.3, -0.25) is 19.7 Å². The van der Waals surface area contributed by atoms with Crippen molar-refractivity contribution in [2.45, 2.75) is 6.54 Å². The highest BCUT2D eigenvalue weighted by Gasteiger charge is 2.15. The molecule has 0 fully saturated rings. The Bertz CT molecular complexity index is 931. The van der Waals surface area contributed by atoms with E-state index in [1.807, 2.05) is 0 Å². The highest BCUT2D eigenvalue weighted by molar-refractivity contribution is 7.12. The van der Waals surface area contributed by atoms with Crippen LogP contribution in [0.3, 0.4) is 0 Å². The van der Waals surface area contributed by atoms with Gasteiger partial charge in [-0.15, -0.1) is 11.3 Å². The fourth-order valence-electron chi connectivity index (χ4n) is 1.92.